The summed E-state index contributed by atoms with van der Waals surface area (Å²) in [6, 6.07) is 12.2. The van der Waals surface area contributed by atoms with Gasteiger partial charge in [0.25, 0.3) is 0 Å². The number of aryl methyl sites for hydroxylation is 2. The largest absolute Gasteiger partial charge is 0.387 e. The van der Waals surface area contributed by atoms with Crippen molar-refractivity contribution < 1.29 is 5.11 Å². The summed E-state index contributed by atoms with van der Waals surface area (Å²) in [6.45, 7) is 8.03. The van der Waals surface area contributed by atoms with E-state index in [-0.39, 0.29) is 24.0 Å². The van der Waals surface area contributed by atoms with Gasteiger partial charge in [-0.3, -0.25) is 0 Å². The molecule has 24 heavy (non-hydrogen) atoms. The average Bonchev–Trinajstić information content (AvgIpc) is 2.96. The van der Waals surface area contributed by atoms with Crippen LogP contribution in [-0.2, 0) is 6.54 Å². The van der Waals surface area contributed by atoms with Crippen LogP contribution in [0.2, 0.25) is 0 Å². The van der Waals surface area contributed by atoms with Crippen LogP contribution in [0.25, 0.3) is 0 Å². The van der Waals surface area contributed by atoms with Crippen LogP contribution in [0.1, 0.15) is 33.9 Å². The summed E-state index contributed by atoms with van der Waals surface area (Å²) in [5.41, 5.74) is 2.10. The van der Waals surface area contributed by atoms with Crippen molar-refractivity contribution in [3.05, 3.63) is 57.3 Å². The van der Waals surface area contributed by atoms with Crippen molar-refractivity contribution in [1.29, 1.82) is 0 Å². The third kappa shape index (κ3) is 6.78. The molecule has 1 heterocycles. The summed E-state index contributed by atoms with van der Waals surface area (Å²) in [7, 11) is 0. The molecule has 1 unspecified atom stereocenters. The summed E-state index contributed by atoms with van der Waals surface area (Å²) in [6.07, 6.45) is -0.552. The number of aliphatic imine (C=N–C) groups is 1. The average molecular weight is 459 g/mol. The van der Waals surface area contributed by atoms with Gasteiger partial charge in [0.1, 0.15) is 0 Å². The predicted molar refractivity (Wildman–Crippen MR) is 113 cm³/mol. The quantitative estimate of drug-likeness (QED) is 0.350. The van der Waals surface area contributed by atoms with E-state index in [1.165, 1.54) is 15.3 Å². The van der Waals surface area contributed by atoms with Gasteiger partial charge < -0.3 is 15.7 Å². The summed E-state index contributed by atoms with van der Waals surface area (Å²) in [4.78, 5) is 7.10. The predicted octanol–water partition coefficient (Wildman–Crippen LogP) is 3.77. The molecule has 132 valence electrons. The summed E-state index contributed by atoms with van der Waals surface area (Å²) in [5, 5.41) is 16.7. The van der Waals surface area contributed by atoms with Gasteiger partial charge in [0.05, 0.1) is 12.6 Å². The molecule has 0 aliphatic carbocycles. The highest BCUT2D eigenvalue weighted by Gasteiger charge is 2.08. The lowest BCUT2D eigenvalue weighted by atomic mass is 10.1. The Hall–Kier alpha value is -1.12. The molecule has 3 N–H and O–H groups in total. The van der Waals surface area contributed by atoms with E-state index in [1.807, 2.05) is 38.1 Å². The molecule has 2 aromatic rings. The van der Waals surface area contributed by atoms with Crippen LogP contribution in [0.5, 0.6) is 0 Å². The molecular weight excluding hydrogens is 433 g/mol. The highest BCUT2D eigenvalue weighted by Crippen LogP contribution is 2.16. The number of nitrogens with zero attached hydrogens (tertiary/aromatic N) is 1. The Morgan fingerprint density at radius 1 is 1.12 bits per heavy atom. The molecular formula is C18H26IN3OS. The maximum Gasteiger partial charge on any atom is 0.191 e. The van der Waals surface area contributed by atoms with Gasteiger partial charge in [0, 0.05) is 22.8 Å². The standard InChI is InChI=1S/C18H25N3OS.HI/c1-4-19-18(20-11-16-10-7-14(3)23-16)21-12-17(22)15-8-5-13(2)6-9-15;/h5-10,17,22H,4,11-12H2,1-3H3,(H2,19,20,21);1H. The molecule has 0 aliphatic heterocycles. The van der Waals surface area contributed by atoms with Crippen molar-refractivity contribution in [2.45, 2.75) is 33.4 Å². The molecule has 6 heteroatoms. The van der Waals surface area contributed by atoms with Crippen LogP contribution in [0, 0.1) is 13.8 Å². The van der Waals surface area contributed by atoms with Crippen LogP contribution in [0.15, 0.2) is 41.4 Å². The van der Waals surface area contributed by atoms with E-state index >= 15 is 0 Å². The van der Waals surface area contributed by atoms with Crippen molar-refractivity contribution in [2.24, 2.45) is 4.99 Å². The number of nitrogens with one attached hydrogen (secondary N) is 2. The van der Waals surface area contributed by atoms with Gasteiger partial charge in [-0.2, -0.15) is 0 Å². The fraction of sp³-hybridized carbons (Fsp3) is 0.389. The maximum atomic E-state index is 10.3. The number of aliphatic hydroxyl groups is 1. The Labute approximate surface area is 165 Å². The Morgan fingerprint density at radius 2 is 1.83 bits per heavy atom. The van der Waals surface area contributed by atoms with E-state index in [2.05, 4.69) is 34.7 Å². The van der Waals surface area contributed by atoms with Gasteiger partial charge in [0.15, 0.2) is 5.96 Å². The molecule has 2 rings (SSSR count). The highest BCUT2D eigenvalue weighted by molar-refractivity contribution is 14.0. The Kier molecular flexibility index (Phi) is 9.31. The zero-order valence-electron chi connectivity index (χ0n) is 14.4. The monoisotopic (exact) mass is 459 g/mol. The zero-order valence-corrected chi connectivity index (χ0v) is 17.5. The van der Waals surface area contributed by atoms with E-state index in [9.17, 15) is 5.11 Å². The number of rotatable bonds is 6. The molecule has 0 aliphatic rings. The van der Waals surface area contributed by atoms with Crippen molar-refractivity contribution in [2.75, 3.05) is 13.1 Å². The molecule has 1 aromatic carbocycles. The molecule has 0 amide bonds. The minimum absolute atomic E-state index is 0. The van der Waals surface area contributed by atoms with E-state index in [0.29, 0.717) is 13.1 Å². The van der Waals surface area contributed by atoms with Crippen LogP contribution >= 0.6 is 35.3 Å². The van der Waals surface area contributed by atoms with Gasteiger partial charge in [-0.15, -0.1) is 35.3 Å². The highest BCUT2D eigenvalue weighted by atomic mass is 127. The lowest BCUT2D eigenvalue weighted by Gasteiger charge is -2.15. The second-order valence-corrected chi connectivity index (χ2v) is 6.89. The lowest BCUT2D eigenvalue weighted by molar-refractivity contribution is 0.181. The molecule has 0 saturated carbocycles. The SMILES string of the molecule is CCNC(=NCc1ccc(C)s1)NCC(O)c1ccc(C)cc1.I. The molecule has 1 aromatic heterocycles. The van der Waals surface area contributed by atoms with Gasteiger partial charge in [0.2, 0.25) is 0 Å². The van der Waals surface area contributed by atoms with Crippen molar-refractivity contribution >= 4 is 41.3 Å². The summed E-state index contributed by atoms with van der Waals surface area (Å²) < 4.78 is 0. The normalized spacial score (nSPS) is 12.4. The fourth-order valence-corrected chi connectivity index (χ4v) is 2.98. The molecule has 0 fully saturated rings. The fourth-order valence-electron chi connectivity index (χ4n) is 2.17. The molecule has 0 bridgehead atoms. The van der Waals surface area contributed by atoms with Gasteiger partial charge in [-0.25, -0.2) is 4.99 Å². The summed E-state index contributed by atoms with van der Waals surface area (Å²) >= 11 is 1.76. The number of hydrogen-bond acceptors (Lipinski definition) is 3. The van der Waals surface area contributed by atoms with Gasteiger partial charge in [-0.1, -0.05) is 29.8 Å². The van der Waals surface area contributed by atoms with E-state index in [4.69, 9.17) is 0 Å². The lowest BCUT2D eigenvalue weighted by Crippen LogP contribution is -2.39. The Morgan fingerprint density at radius 3 is 2.42 bits per heavy atom. The smallest absolute Gasteiger partial charge is 0.191 e. The van der Waals surface area contributed by atoms with Crippen LogP contribution in [-0.4, -0.2) is 24.2 Å². The second-order valence-electron chi connectivity index (χ2n) is 5.51. The number of benzene rings is 1. The third-order valence-corrected chi connectivity index (χ3v) is 4.44. The third-order valence-electron chi connectivity index (χ3n) is 3.46. The molecule has 0 radical (unpaired) electrons. The van der Waals surface area contributed by atoms with Gasteiger partial charge in [-0.05, 0) is 38.5 Å². The summed E-state index contributed by atoms with van der Waals surface area (Å²) in [5.74, 6) is 0.727. The second kappa shape index (κ2) is 10.7. The van der Waals surface area contributed by atoms with Crippen molar-refractivity contribution in [1.82, 2.24) is 10.6 Å². The minimum Gasteiger partial charge on any atom is -0.387 e. The van der Waals surface area contributed by atoms with Crippen LogP contribution in [0.4, 0.5) is 0 Å². The van der Waals surface area contributed by atoms with E-state index in [1.54, 1.807) is 11.3 Å². The molecule has 0 saturated heterocycles. The number of thiophene rings is 1. The maximum absolute atomic E-state index is 10.3. The first-order valence-corrected chi connectivity index (χ1v) is 8.72. The molecule has 4 nitrogen and oxygen atoms in total. The first-order chi connectivity index (χ1) is 11.1. The Balaban J connectivity index is 0.00000288. The topological polar surface area (TPSA) is 56.7 Å². The molecule has 1 atom stereocenters. The first-order valence-electron chi connectivity index (χ1n) is 7.90. The van der Waals surface area contributed by atoms with Crippen molar-refractivity contribution in [3.8, 4) is 0 Å². The number of hydrogen-bond donors (Lipinski definition) is 3. The number of aliphatic hydroxyl groups excluding tert-OH is 1. The van der Waals surface area contributed by atoms with Crippen LogP contribution < -0.4 is 10.6 Å². The van der Waals surface area contributed by atoms with Crippen molar-refractivity contribution in [3.63, 3.8) is 0 Å². The first kappa shape index (κ1) is 20.9. The Bertz CT molecular complexity index is 640. The van der Waals surface area contributed by atoms with E-state index in [0.717, 1.165) is 18.1 Å². The molecule has 0 spiro atoms. The minimum atomic E-state index is -0.552. The van der Waals surface area contributed by atoms with Gasteiger partial charge >= 0.3 is 0 Å². The van der Waals surface area contributed by atoms with Crippen LogP contribution in [0.3, 0.4) is 0 Å². The van der Waals surface area contributed by atoms with E-state index < -0.39 is 6.10 Å². The number of halogens is 1. The number of guanidine groups is 1. The zero-order chi connectivity index (χ0) is 16.7.